The number of aromatic nitrogens is 2. The molecule has 6 heteroatoms. The van der Waals surface area contributed by atoms with Gasteiger partial charge < -0.3 is 19.7 Å². The predicted molar refractivity (Wildman–Crippen MR) is 107 cm³/mol. The Balaban J connectivity index is 1.59. The molecular weight excluding hydrogens is 340 g/mol. The van der Waals surface area contributed by atoms with Crippen LogP contribution in [0.2, 0.25) is 0 Å². The average molecular weight is 370 g/mol. The van der Waals surface area contributed by atoms with Crippen molar-refractivity contribution in [1.29, 1.82) is 0 Å². The van der Waals surface area contributed by atoms with Crippen LogP contribution in [-0.4, -0.2) is 36.3 Å². The first-order chi connectivity index (χ1) is 13.1. The number of hydrogen-bond acceptors (Lipinski definition) is 6. The monoisotopic (exact) mass is 370 g/mol. The van der Waals surface area contributed by atoms with E-state index < -0.39 is 0 Å². The molecule has 1 aromatic carbocycles. The zero-order valence-corrected chi connectivity index (χ0v) is 16.7. The summed E-state index contributed by atoms with van der Waals surface area (Å²) in [4.78, 5) is 11.3. The molecule has 1 fully saturated rings. The molecule has 0 spiro atoms. The number of nitrogens with one attached hydrogen (secondary N) is 1. The third-order valence-corrected chi connectivity index (χ3v) is 4.74. The van der Waals surface area contributed by atoms with E-state index in [0.717, 1.165) is 41.7 Å². The van der Waals surface area contributed by atoms with Crippen LogP contribution < -0.4 is 19.7 Å². The van der Waals surface area contributed by atoms with Gasteiger partial charge in [-0.25, -0.2) is 9.97 Å². The van der Waals surface area contributed by atoms with E-state index in [9.17, 15) is 0 Å². The standard InChI is InChI=1S/C21H30N4O2/c1-15(2)27-19-8-7-18(11-20(19)26-4)16(3)22-12-17-13-23-21(24-14-17)25-9-5-6-10-25/h7-8,11,13-16,22H,5-6,9-10,12H2,1-4H3. The SMILES string of the molecule is COc1cc(C(C)NCc2cnc(N3CCCC3)nc2)ccc1OC(C)C. The summed E-state index contributed by atoms with van der Waals surface area (Å²) in [6.07, 6.45) is 6.41. The molecule has 0 amide bonds. The fraction of sp³-hybridized carbons (Fsp3) is 0.524. The van der Waals surface area contributed by atoms with E-state index >= 15 is 0 Å². The van der Waals surface area contributed by atoms with Crippen molar-refractivity contribution in [1.82, 2.24) is 15.3 Å². The smallest absolute Gasteiger partial charge is 0.225 e. The molecule has 27 heavy (non-hydrogen) atoms. The molecule has 1 N–H and O–H groups in total. The van der Waals surface area contributed by atoms with Crippen LogP contribution in [0.1, 0.15) is 50.8 Å². The Hall–Kier alpha value is -2.34. The Morgan fingerprint density at radius 3 is 2.41 bits per heavy atom. The molecule has 1 aliphatic heterocycles. The molecule has 146 valence electrons. The predicted octanol–water partition coefficient (Wildman–Crippen LogP) is 3.72. The van der Waals surface area contributed by atoms with Gasteiger partial charge in [-0.1, -0.05) is 6.07 Å². The second-order valence-corrected chi connectivity index (χ2v) is 7.26. The summed E-state index contributed by atoms with van der Waals surface area (Å²) in [6.45, 7) is 8.99. The summed E-state index contributed by atoms with van der Waals surface area (Å²) in [5, 5.41) is 3.53. The van der Waals surface area contributed by atoms with Gasteiger partial charge in [-0.15, -0.1) is 0 Å². The van der Waals surface area contributed by atoms with E-state index in [2.05, 4.69) is 33.2 Å². The van der Waals surface area contributed by atoms with Crippen LogP contribution in [0.5, 0.6) is 11.5 Å². The van der Waals surface area contributed by atoms with Crippen LogP contribution in [-0.2, 0) is 6.54 Å². The molecule has 6 nitrogen and oxygen atoms in total. The van der Waals surface area contributed by atoms with Gasteiger partial charge >= 0.3 is 0 Å². The minimum Gasteiger partial charge on any atom is -0.493 e. The third kappa shape index (κ3) is 5.10. The molecule has 1 atom stereocenters. The number of ether oxygens (including phenoxy) is 2. The maximum atomic E-state index is 5.79. The second-order valence-electron chi connectivity index (χ2n) is 7.26. The Labute approximate surface area is 161 Å². The number of hydrogen-bond donors (Lipinski definition) is 1. The van der Waals surface area contributed by atoms with Crippen molar-refractivity contribution in [3.63, 3.8) is 0 Å². The number of anilines is 1. The lowest BCUT2D eigenvalue weighted by molar-refractivity contribution is 0.230. The number of methoxy groups -OCH3 is 1. The lowest BCUT2D eigenvalue weighted by Crippen LogP contribution is -2.21. The Bertz CT molecular complexity index is 727. The minimum atomic E-state index is 0.115. The molecule has 3 rings (SSSR count). The van der Waals surface area contributed by atoms with Gasteiger partial charge in [-0.2, -0.15) is 0 Å². The molecule has 2 heterocycles. The lowest BCUT2D eigenvalue weighted by Gasteiger charge is -2.18. The summed E-state index contributed by atoms with van der Waals surface area (Å²) in [7, 11) is 1.67. The second kappa shape index (κ2) is 9.04. The fourth-order valence-electron chi connectivity index (χ4n) is 3.21. The highest BCUT2D eigenvalue weighted by atomic mass is 16.5. The lowest BCUT2D eigenvalue weighted by atomic mass is 10.1. The maximum absolute atomic E-state index is 5.79. The van der Waals surface area contributed by atoms with E-state index in [1.807, 2.05) is 38.4 Å². The first-order valence-corrected chi connectivity index (χ1v) is 9.70. The highest BCUT2D eigenvalue weighted by Gasteiger charge is 2.15. The Morgan fingerprint density at radius 1 is 1.07 bits per heavy atom. The van der Waals surface area contributed by atoms with Gasteiger partial charge in [0.25, 0.3) is 0 Å². The van der Waals surface area contributed by atoms with Gasteiger partial charge in [0.2, 0.25) is 5.95 Å². The summed E-state index contributed by atoms with van der Waals surface area (Å²) >= 11 is 0. The molecular formula is C21H30N4O2. The summed E-state index contributed by atoms with van der Waals surface area (Å²) < 4.78 is 11.3. The largest absolute Gasteiger partial charge is 0.493 e. The Morgan fingerprint density at radius 2 is 1.78 bits per heavy atom. The van der Waals surface area contributed by atoms with Crippen molar-refractivity contribution >= 4 is 5.95 Å². The zero-order chi connectivity index (χ0) is 19.2. The van der Waals surface area contributed by atoms with Crippen molar-refractivity contribution in [3.8, 4) is 11.5 Å². The molecule has 1 aliphatic rings. The van der Waals surface area contributed by atoms with Crippen LogP contribution in [0.4, 0.5) is 5.95 Å². The van der Waals surface area contributed by atoms with Gasteiger partial charge in [0.05, 0.1) is 13.2 Å². The molecule has 2 aromatic rings. The van der Waals surface area contributed by atoms with Gasteiger partial charge in [0.15, 0.2) is 11.5 Å². The van der Waals surface area contributed by atoms with Crippen LogP contribution in [0.25, 0.3) is 0 Å². The van der Waals surface area contributed by atoms with E-state index in [4.69, 9.17) is 9.47 Å². The van der Waals surface area contributed by atoms with Gasteiger partial charge in [0.1, 0.15) is 0 Å². The van der Waals surface area contributed by atoms with Crippen LogP contribution >= 0.6 is 0 Å². The number of rotatable bonds is 8. The first kappa shape index (κ1) is 19.4. The average Bonchev–Trinajstić information content (AvgIpc) is 3.21. The maximum Gasteiger partial charge on any atom is 0.225 e. The van der Waals surface area contributed by atoms with Crippen LogP contribution in [0, 0.1) is 0 Å². The van der Waals surface area contributed by atoms with Gasteiger partial charge in [-0.3, -0.25) is 0 Å². The normalized spacial score (nSPS) is 15.2. The molecule has 0 saturated carbocycles. The number of nitrogens with zero attached hydrogens (tertiary/aromatic N) is 3. The van der Waals surface area contributed by atoms with Crippen molar-refractivity contribution < 1.29 is 9.47 Å². The Kier molecular flexibility index (Phi) is 6.50. The van der Waals surface area contributed by atoms with E-state index in [1.165, 1.54) is 12.8 Å². The molecule has 1 saturated heterocycles. The zero-order valence-electron chi connectivity index (χ0n) is 16.7. The van der Waals surface area contributed by atoms with Crippen LogP contribution in [0.3, 0.4) is 0 Å². The number of benzene rings is 1. The van der Waals surface area contributed by atoms with Crippen molar-refractivity contribution in [2.75, 3.05) is 25.1 Å². The minimum absolute atomic E-state index is 0.115. The van der Waals surface area contributed by atoms with E-state index in [1.54, 1.807) is 7.11 Å². The van der Waals surface area contributed by atoms with Crippen molar-refractivity contribution in [3.05, 3.63) is 41.7 Å². The van der Waals surface area contributed by atoms with Gasteiger partial charge in [0, 0.05) is 43.6 Å². The summed E-state index contributed by atoms with van der Waals surface area (Å²) in [6, 6.07) is 6.25. The fourth-order valence-corrected chi connectivity index (χ4v) is 3.21. The topological polar surface area (TPSA) is 59.5 Å². The summed E-state index contributed by atoms with van der Waals surface area (Å²) in [5.74, 6) is 2.37. The highest BCUT2D eigenvalue weighted by molar-refractivity contribution is 5.44. The molecule has 0 bridgehead atoms. The third-order valence-electron chi connectivity index (χ3n) is 4.74. The van der Waals surface area contributed by atoms with Gasteiger partial charge in [-0.05, 0) is 51.3 Å². The summed E-state index contributed by atoms with van der Waals surface area (Å²) in [5.41, 5.74) is 2.23. The molecule has 1 aromatic heterocycles. The van der Waals surface area contributed by atoms with Crippen molar-refractivity contribution in [2.45, 2.75) is 52.3 Å². The van der Waals surface area contributed by atoms with Crippen molar-refractivity contribution in [2.24, 2.45) is 0 Å². The molecule has 0 aliphatic carbocycles. The van der Waals surface area contributed by atoms with E-state index in [-0.39, 0.29) is 12.1 Å². The molecule has 1 unspecified atom stereocenters. The van der Waals surface area contributed by atoms with Crippen LogP contribution in [0.15, 0.2) is 30.6 Å². The molecule has 0 radical (unpaired) electrons. The quantitative estimate of drug-likeness (QED) is 0.764. The first-order valence-electron chi connectivity index (χ1n) is 9.70. The van der Waals surface area contributed by atoms with E-state index in [0.29, 0.717) is 6.54 Å². The highest BCUT2D eigenvalue weighted by Crippen LogP contribution is 2.31.